The number of H-pyrrole nitrogens is 2. The van der Waals surface area contributed by atoms with E-state index in [0.717, 1.165) is 79.1 Å². The van der Waals surface area contributed by atoms with Crippen LogP contribution in [0.1, 0.15) is 103 Å². The zero-order chi connectivity index (χ0) is 31.9. The van der Waals surface area contributed by atoms with E-state index in [1.807, 2.05) is 13.0 Å². The standard InChI is InChI=1S/C36H42N4O4/c1-10-23-20(5)28-15-30-22(7)25(12-13-33(41)43-8)36(40-30)26(14-34(42)44-9)35-19(4)18(3)27(39-35)16-31-24(11-2)21(6)29(38-31)17-32(23)37-28/h10,15-17,22,25,37-38H,1,11-14H2,2-9H3. The summed E-state index contributed by atoms with van der Waals surface area (Å²) in [5, 5.41) is 0. The van der Waals surface area contributed by atoms with Crippen LogP contribution in [0.5, 0.6) is 0 Å². The number of nitrogens with one attached hydrogen (secondary N) is 2. The van der Waals surface area contributed by atoms with Crippen LogP contribution in [-0.4, -0.2) is 46.1 Å². The quantitative estimate of drug-likeness (QED) is 0.272. The van der Waals surface area contributed by atoms with Gasteiger partial charge in [0, 0.05) is 57.1 Å². The summed E-state index contributed by atoms with van der Waals surface area (Å²) in [6.45, 7) is 16.7. The first-order chi connectivity index (χ1) is 21.0. The molecule has 0 aromatic carbocycles. The molecule has 8 heteroatoms. The van der Waals surface area contributed by atoms with Crippen molar-refractivity contribution < 1.29 is 19.1 Å². The highest BCUT2D eigenvalue weighted by Gasteiger charge is 2.34. The van der Waals surface area contributed by atoms with Gasteiger partial charge in [-0.15, -0.1) is 0 Å². The maximum atomic E-state index is 12.9. The molecule has 3 aromatic heterocycles. The first-order valence-electron chi connectivity index (χ1n) is 15.2. The summed E-state index contributed by atoms with van der Waals surface area (Å²) in [6.07, 6.45) is 3.53. The molecule has 8 nitrogen and oxygen atoms in total. The molecular formula is C36H42N4O4. The van der Waals surface area contributed by atoms with E-state index in [1.54, 1.807) is 0 Å². The molecule has 2 aliphatic rings. The second kappa shape index (κ2) is 12.3. The molecule has 5 rings (SSSR count). The number of aromatic nitrogens is 4. The van der Waals surface area contributed by atoms with Crippen molar-refractivity contribution in [2.75, 3.05) is 14.2 Å². The van der Waals surface area contributed by atoms with E-state index in [4.69, 9.17) is 19.4 Å². The highest BCUT2D eigenvalue weighted by Crippen LogP contribution is 2.43. The van der Waals surface area contributed by atoms with Crippen LogP contribution in [0.3, 0.4) is 0 Å². The minimum absolute atomic E-state index is 0.0218. The lowest BCUT2D eigenvalue weighted by Crippen LogP contribution is -2.13. The summed E-state index contributed by atoms with van der Waals surface area (Å²) in [5.41, 5.74) is 14.5. The van der Waals surface area contributed by atoms with Gasteiger partial charge in [0.05, 0.1) is 37.7 Å². The van der Waals surface area contributed by atoms with Gasteiger partial charge in [0.1, 0.15) is 0 Å². The number of hydrogen-bond donors (Lipinski definition) is 2. The number of aromatic amines is 2. The number of carbonyl (C=O) groups is 2. The Labute approximate surface area is 258 Å². The van der Waals surface area contributed by atoms with Crippen molar-refractivity contribution in [1.29, 1.82) is 0 Å². The molecule has 0 radical (unpaired) electrons. The van der Waals surface area contributed by atoms with Gasteiger partial charge < -0.3 is 19.4 Å². The third-order valence-corrected chi connectivity index (χ3v) is 9.47. The zero-order valence-corrected chi connectivity index (χ0v) is 27.0. The average Bonchev–Trinajstić information content (AvgIpc) is 3.68. The van der Waals surface area contributed by atoms with Crippen molar-refractivity contribution in [1.82, 2.24) is 19.9 Å². The van der Waals surface area contributed by atoms with Crippen molar-refractivity contribution in [3.63, 3.8) is 0 Å². The monoisotopic (exact) mass is 594 g/mol. The van der Waals surface area contributed by atoms with E-state index in [2.05, 4.69) is 69.4 Å². The molecule has 2 atom stereocenters. The Kier molecular flexibility index (Phi) is 8.64. The number of allylic oxidation sites excluding steroid dienone is 2. The van der Waals surface area contributed by atoms with Crippen molar-refractivity contribution in [3.05, 3.63) is 75.4 Å². The predicted molar refractivity (Wildman–Crippen MR) is 176 cm³/mol. The van der Waals surface area contributed by atoms with Crippen molar-refractivity contribution in [2.45, 2.75) is 79.1 Å². The Hall–Kier alpha value is -4.46. The molecule has 44 heavy (non-hydrogen) atoms. The first-order valence-corrected chi connectivity index (χ1v) is 15.2. The Morgan fingerprint density at radius 2 is 1.57 bits per heavy atom. The molecule has 8 bridgehead atoms. The molecule has 0 saturated heterocycles. The maximum absolute atomic E-state index is 12.9. The second-order valence-corrected chi connectivity index (χ2v) is 11.8. The van der Waals surface area contributed by atoms with Gasteiger partial charge in [0.25, 0.3) is 0 Å². The van der Waals surface area contributed by atoms with E-state index in [-0.39, 0.29) is 36.6 Å². The van der Waals surface area contributed by atoms with E-state index >= 15 is 0 Å². The Morgan fingerprint density at radius 1 is 0.886 bits per heavy atom. The van der Waals surface area contributed by atoms with E-state index < -0.39 is 0 Å². The minimum Gasteiger partial charge on any atom is -0.469 e. The number of aryl methyl sites for hydroxylation is 3. The number of rotatable bonds is 7. The van der Waals surface area contributed by atoms with Crippen LogP contribution in [0.25, 0.3) is 39.3 Å². The third-order valence-electron chi connectivity index (χ3n) is 9.47. The predicted octanol–water partition coefficient (Wildman–Crippen LogP) is 7.64. The first kappa shape index (κ1) is 31.0. The maximum Gasteiger partial charge on any atom is 0.310 e. The normalized spacial score (nSPS) is 16.3. The number of fused-ring (bicyclic) bond motifs is 8. The lowest BCUT2D eigenvalue weighted by atomic mass is 9.84. The summed E-state index contributed by atoms with van der Waals surface area (Å²) in [5.74, 6) is -0.795. The molecule has 230 valence electrons. The molecule has 5 heterocycles. The lowest BCUT2D eigenvalue weighted by Gasteiger charge is -2.18. The van der Waals surface area contributed by atoms with Gasteiger partial charge in [-0.1, -0.05) is 26.5 Å². The summed E-state index contributed by atoms with van der Waals surface area (Å²) in [4.78, 5) is 42.8. The van der Waals surface area contributed by atoms with Crippen molar-refractivity contribution >= 4 is 51.2 Å². The van der Waals surface area contributed by atoms with Gasteiger partial charge in [-0.2, -0.15) is 0 Å². The van der Waals surface area contributed by atoms with Gasteiger partial charge in [-0.05, 0) is 86.6 Å². The summed E-state index contributed by atoms with van der Waals surface area (Å²) in [6, 6.07) is 6.35. The van der Waals surface area contributed by atoms with Gasteiger partial charge in [0.2, 0.25) is 0 Å². The number of methoxy groups -OCH3 is 2. The van der Waals surface area contributed by atoms with Gasteiger partial charge >= 0.3 is 11.9 Å². The summed E-state index contributed by atoms with van der Waals surface area (Å²) in [7, 11) is 2.79. The molecule has 0 spiro atoms. The molecular weight excluding hydrogens is 552 g/mol. The van der Waals surface area contributed by atoms with Crippen molar-refractivity contribution in [2.24, 2.45) is 0 Å². The van der Waals surface area contributed by atoms with Crippen LogP contribution in [0.2, 0.25) is 0 Å². The third kappa shape index (κ3) is 5.38. The number of nitrogens with zero attached hydrogens (tertiary/aromatic N) is 2. The number of carbonyl (C=O) groups excluding carboxylic acids is 2. The van der Waals surface area contributed by atoms with Gasteiger partial charge in [-0.25, -0.2) is 4.98 Å². The van der Waals surface area contributed by atoms with Crippen LogP contribution in [0.4, 0.5) is 0 Å². The zero-order valence-electron chi connectivity index (χ0n) is 27.0. The highest BCUT2D eigenvalue weighted by atomic mass is 16.5. The van der Waals surface area contributed by atoms with Crippen LogP contribution in [-0.2, 0) is 31.9 Å². The van der Waals surface area contributed by atoms with Crippen molar-refractivity contribution in [3.8, 4) is 0 Å². The number of hydrogen-bond acceptors (Lipinski definition) is 6. The molecule has 2 aliphatic heterocycles. The molecule has 2 N–H and O–H groups in total. The Bertz CT molecular complexity index is 1870. The highest BCUT2D eigenvalue weighted by molar-refractivity contribution is 5.93. The smallest absolute Gasteiger partial charge is 0.310 e. The van der Waals surface area contributed by atoms with Gasteiger partial charge in [-0.3, -0.25) is 14.6 Å². The van der Waals surface area contributed by atoms with Crippen LogP contribution >= 0.6 is 0 Å². The fourth-order valence-electron chi connectivity index (χ4n) is 6.59. The molecule has 3 aromatic rings. The molecule has 0 aliphatic carbocycles. The van der Waals surface area contributed by atoms with E-state index in [0.29, 0.717) is 6.42 Å². The second-order valence-electron chi connectivity index (χ2n) is 11.8. The summed E-state index contributed by atoms with van der Waals surface area (Å²) < 4.78 is 10.1. The SMILES string of the molecule is C=Cc1c(C)c2cc3nc(c(CC(=O)OC)c4nc(cc5[nH]c(cc1[nH]2)c(C)c5CC)C(C)=C4C)C(CCC(=O)OC)C3C. The van der Waals surface area contributed by atoms with E-state index in [9.17, 15) is 9.59 Å². The topological polar surface area (TPSA) is 110 Å². The van der Waals surface area contributed by atoms with Crippen LogP contribution in [0.15, 0.2) is 24.8 Å². The van der Waals surface area contributed by atoms with Crippen LogP contribution < -0.4 is 0 Å². The molecule has 0 fully saturated rings. The largest absolute Gasteiger partial charge is 0.469 e. The Morgan fingerprint density at radius 3 is 2.23 bits per heavy atom. The van der Waals surface area contributed by atoms with Crippen LogP contribution in [0, 0.1) is 13.8 Å². The fourth-order valence-corrected chi connectivity index (χ4v) is 6.59. The summed E-state index contributed by atoms with van der Waals surface area (Å²) >= 11 is 0. The molecule has 2 unspecified atom stereocenters. The van der Waals surface area contributed by atoms with Gasteiger partial charge in [0.15, 0.2) is 0 Å². The number of esters is 2. The lowest BCUT2D eigenvalue weighted by molar-refractivity contribution is -0.141. The van der Waals surface area contributed by atoms with E-state index in [1.165, 1.54) is 25.3 Å². The Balaban J connectivity index is 1.97. The minimum atomic E-state index is -0.367. The molecule has 0 saturated carbocycles. The molecule has 0 amide bonds. The number of ether oxygens (including phenoxy) is 2. The average molecular weight is 595 g/mol. The fraction of sp³-hybridized carbons (Fsp3) is 0.389.